The molecule has 2 aromatic rings. The molecule has 1 N–H and O–H groups in total. The molecule has 1 amide bonds. The van der Waals surface area contributed by atoms with Crippen LogP contribution in [0.1, 0.15) is 51.6 Å². The molecule has 3 heterocycles. The number of hydrogen-bond acceptors (Lipinski definition) is 4. The van der Waals surface area contributed by atoms with Crippen LogP contribution < -0.4 is 5.32 Å². The number of aryl methyl sites for hydroxylation is 1. The Labute approximate surface area is 147 Å². The molecule has 0 radical (unpaired) electrons. The van der Waals surface area contributed by atoms with Crippen molar-refractivity contribution in [1.29, 1.82) is 0 Å². The molecule has 1 fully saturated rings. The minimum atomic E-state index is 0.102. The first-order chi connectivity index (χ1) is 11.6. The summed E-state index contributed by atoms with van der Waals surface area (Å²) in [6, 6.07) is 8.62. The van der Waals surface area contributed by atoms with Crippen molar-refractivity contribution < 1.29 is 4.79 Å². The summed E-state index contributed by atoms with van der Waals surface area (Å²) in [4.78, 5) is 21.2. The van der Waals surface area contributed by atoms with E-state index in [1.54, 1.807) is 11.3 Å². The van der Waals surface area contributed by atoms with E-state index in [0.717, 1.165) is 23.5 Å². The molecule has 24 heavy (non-hydrogen) atoms. The summed E-state index contributed by atoms with van der Waals surface area (Å²) in [5.41, 5.74) is 2.24. The maximum absolute atomic E-state index is 12.8. The lowest BCUT2D eigenvalue weighted by atomic mass is 10.1. The van der Waals surface area contributed by atoms with Gasteiger partial charge in [0.15, 0.2) is 0 Å². The SMILES string of the molecule is Cc1cccnc1C[C@H](C)N(C)C(=O)c1ccc([C@H]2CCCN2)s1. The zero-order valence-corrected chi connectivity index (χ0v) is 15.4. The summed E-state index contributed by atoms with van der Waals surface area (Å²) in [5, 5.41) is 3.49. The number of nitrogens with zero attached hydrogens (tertiary/aromatic N) is 2. The standard InChI is InChI=1S/C19H25N3OS/c1-13-6-4-10-21-16(13)12-14(2)22(3)19(23)18-9-8-17(24-18)15-7-5-11-20-15/h4,6,8-10,14-15,20H,5,7,11-12H2,1-3H3/t14-,15+/m0/s1. The Balaban J connectivity index is 1.66. The van der Waals surface area contributed by atoms with Crippen LogP contribution in [0, 0.1) is 6.92 Å². The van der Waals surface area contributed by atoms with Gasteiger partial charge in [-0.25, -0.2) is 0 Å². The van der Waals surface area contributed by atoms with Crippen LogP contribution in [-0.4, -0.2) is 35.4 Å². The normalized spacial score (nSPS) is 18.5. The van der Waals surface area contributed by atoms with E-state index < -0.39 is 0 Å². The minimum absolute atomic E-state index is 0.102. The first-order valence-electron chi connectivity index (χ1n) is 8.57. The number of carbonyl (C=O) groups is 1. The number of nitrogens with one attached hydrogen (secondary N) is 1. The van der Waals surface area contributed by atoms with Crippen LogP contribution in [0.25, 0.3) is 0 Å². The van der Waals surface area contributed by atoms with Crippen molar-refractivity contribution in [3.8, 4) is 0 Å². The van der Waals surface area contributed by atoms with Gasteiger partial charge < -0.3 is 10.2 Å². The lowest BCUT2D eigenvalue weighted by Gasteiger charge is -2.24. The largest absolute Gasteiger partial charge is 0.338 e. The molecule has 0 spiro atoms. The summed E-state index contributed by atoms with van der Waals surface area (Å²) >= 11 is 1.62. The van der Waals surface area contributed by atoms with Crippen molar-refractivity contribution in [1.82, 2.24) is 15.2 Å². The second kappa shape index (κ2) is 7.45. The molecule has 2 atom stereocenters. The van der Waals surface area contributed by atoms with Gasteiger partial charge in [0.25, 0.3) is 5.91 Å². The third-order valence-electron chi connectivity index (χ3n) is 4.83. The highest BCUT2D eigenvalue weighted by Crippen LogP contribution is 2.30. The monoisotopic (exact) mass is 343 g/mol. The molecule has 1 aliphatic heterocycles. The highest BCUT2D eigenvalue weighted by atomic mass is 32.1. The Morgan fingerprint density at radius 2 is 2.29 bits per heavy atom. The second-order valence-electron chi connectivity index (χ2n) is 6.59. The Morgan fingerprint density at radius 3 is 3.00 bits per heavy atom. The van der Waals surface area contributed by atoms with E-state index in [0.29, 0.717) is 6.04 Å². The Kier molecular flexibility index (Phi) is 5.31. The highest BCUT2D eigenvalue weighted by Gasteiger charge is 2.23. The van der Waals surface area contributed by atoms with E-state index in [-0.39, 0.29) is 11.9 Å². The maximum Gasteiger partial charge on any atom is 0.263 e. The zero-order chi connectivity index (χ0) is 17.1. The molecule has 3 rings (SSSR count). The van der Waals surface area contributed by atoms with Gasteiger partial charge in [0, 0.05) is 42.3 Å². The van der Waals surface area contributed by atoms with Gasteiger partial charge in [-0.05, 0) is 57.0 Å². The van der Waals surface area contributed by atoms with Gasteiger partial charge in [-0.1, -0.05) is 6.07 Å². The third-order valence-corrected chi connectivity index (χ3v) is 6.02. The van der Waals surface area contributed by atoms with Crippen molar-refractivity contribution >= 4 is 17.2 Å². The van der Waals surface area contributed by atoms with Crippen LogP contribution in [0.5, 0.6) is 0 Å². The number of thiophene rings is 1. The summed E-state index contributed by atoms with van der Waals surface area (Å²) in [7, 11) is 1.89. The zero-order valence-electron chi connectivity index (χ0n) is 14.6. The summed E-state index contributed by atoms with van der Waals surface area (Å²) < 4.78 is 0. The van der Waals surface area contributed by atoms with Gasteiger partial charge in [0.05, 0.1) is 4.88 Å². The van der Waals surface area contributed by atoms with E-state index >= 15 is 0 Å². The van der Waals surface area contributed by atoms with Gasteiger partial charge in [-0.3, -0.25) is 9.78 Å². The summed E-state index contributed by atoms with van der Waals surface area (Å²) in [5.74, 6) is 0.102. The molecule has 0 aliphatic carbocycles. The number of amides is 1. The van der Waals surface area contributed by atoms with Crippen molar-refractivity contribution in [2.45, 2.75) is 45.2 Å². The number of rotatable bonds is 5. The highest BCUT2D eigenvalue weighted by molar-refractivity contribution is 7.14. The Hall–Kier alpha value is -1.72. The molecule has 1 aliphatic rings. The molecular weight excluding hydrogens is 318 g/mol. The maximum atomic E-state index is 12.8. The molecule has 0 saturated carbocycles. The Bertz CT molecular complexity index is 706. The van der Waals surface area contributed by atoms with Crippen molar-refractivity contribution in [2.75, 3.05) is 13.6 Å². The van der Waals surface area contributed by atoms with Crippen LogP contribution in [-0.2, 0) is 6.42 Å². The lowest BCUT2D eigenvalue weighted by molar-refractivity contribution is 0.0747. The van der Waals surface area contributed by atoms with E-state index in [2.05, 4.69) is 36.3 Å². The Morgan fingerprint density at radius 1 is 1.46 bits per heavy atom. The molecule has 2 aromatic heterocycles. The molecule has 128 valence electrons. The van der Waals surface area contributed by atoms with Crippen LogP contribution in [0.4, 0.5) is 0 Å². The summed E-state index contributed by atoms with van der Waals surface area (Å²) in [6.45, 7) is 5.22. The van der Waals surface area contributed by atoms with Gasteiger partial charge >= 0.3 is 0 Å². The lowest BCUT2D eigenvalue weighted by Crippen LogP contribution is -2.36. The van der Waals surface area contributed by atoms with Gasteiger partial charge in [0.2, 0.25) is 0 Å². The number of likely N-dealkylation sites (N-methyl/N-ethyl adjacent to an activating group) is 1. The van der Waals surface area contributed by atoms with Crippen LogP contribution in [0.2, 0.25) is 0 Å². The molecule has 0 bridgehead atoms. The number of hydrogen-bond donors (Lipinski definition) is 1. The fourth-order valence-electron chi connectivity index (χ4n) is 3.11. The third kappa shape index (κ3) is 3.68. The molecule has 5 heteroatoms. The molecule has 1 saturated heterocycles. The average molecular weight is 343 g/mol. The molecule has 4 nitrogen and oxygen atoms in total. The predicted octanol–water partition coefficient (Wildman–Crippen LogP) is 3.58. The minimum Gasteiger partial charge on any atom is -0.338 e. The van der Waals surface area contributed by atoms with Gasteiger partial charge in [-0.2, -0.15) is 0 Å². The van der Waals surface area contributed by atoms with E-state index in [1.165, 1.54) is 23.3 Å². The van der Waals surface area contributed by atoms with Gasteiger partial charge in [0.1, 0.15) is 0 Å². The first-order valence-corrected chi connectivity index (χ1v) is 9.38. The fourth-order valence-corrected chi connectivity index (χ4v) is 4.21. The quantitative estimate of drug-likeness (QED) is 0.902. The van der Waals surface area contributed by atoms with E-state index in [4.69, 9.17) is 0 Å². The summed E-state index contributed by atoms with van der Waals surface area (Å²) in [6.07, 6.45) is 4.97. The van der Waals surface area contributed by atoms with E-state index in [9.17, 15) is 4.79 Å². The van der Waals surface area contributed by atoms with Gasteiger partial charge in [-0.15, -0.1) is 11.3 Å². The first kappa shape index (κ1) is 17.1. The van der Waals surface area contributed by atoms with Crippen molar-refractivity contribution in [2.24, 2.45) is 0 Å². The predicted molar refractivity (Wildman–Crippen MR) is 98.5 cm³/mol. The number of aromatic nitrogens is 1. The number of pyridine rings is 1. The molecule has 0 unspecified atom stereocenters. The second-order valence-corrected chi connectivity index (χ2v) is 7.70. The average Bonchev–Trinajstić information content (AvgIpc) is 3.26. The van der Waals surface area contributed by atoms with Crippen LogP contribution in [0.15, 0.2) is 30.5 Å². The molecule has 0 aromatic carbocycles. The van der Waals surface area contributed by atoms with Crippen molar-refractivity contribution in [3.63, 3.8) is 0 Å². The van der Waals surface area contributed by atoms with E-state index in [1.807, 2.05) is 30.3 Å². The fraction of sp³-hybridized carbons (Fsp3) is 0.474. The van der Waals surface area contributed by atoms with Crippen molar-refractivity contribution in [3.05, 3.63) is 51.5 Å². The van der Waals surface area contributed by atoms with Crippen LogP contribution >= 0.6 is 11.3 Å². The topological polar surface area (TPSA) is 45.2 Å². The number of carbonyl (C=O) groups excluding carboxylic acids is 1. The smallest absolute Gasteiger partial charge is 0.263 e. The van der Waals surface area contributed by atoms with Crippen LogP contribution in [0.3, 0.4) is 0 Å². The molecular formula is C19H25N3OS.